The Balaban J connectivity index is 1.75. The number of para-hydroxylation sites is 1. The molecule has 0 radical (unpaired) electrons. The van der Waals surface area contributed by atoms with Crippen LogP contribution in [0.25, 0.3) is 0 Å². The molecule has 0 aromatic heterocycles. The molecule has 0 bridgehead atoms. The van der Waals surface area contributed by atoms with Crippen LogP contribution in [0.4, 0.5) is 11.4 Å². The first-order valence-corrected chi connectivity index (χ1v) is 10.7. The maximum absolute atomic E-state index is 14.0. The summed E-state index contributed by atoms with van der Waals surface area (Å²) < 4.78 is 10.6. The minimum atomic E-state index is -1.38. The zero-order valence-electron chi connectivity index (χ0n) is 18.2. The van der Waals surface area contributed by atoms with Gasteiger partial charge in [-0.1, -0.05) is 18.2 Å². The zero-order valence-corrected chi connectivity index (χ0v) is 18.2. The number of ether oxygens (including phenoxy) is 2. The fraction of sp³-hybridized carbons (Fsp3) is 0.375. The lowest BCUT2D eigenvalue weighted by molar-refractivity contribution is -0.143. The maximum Gasteiger partial charge on any atom is 0.307 e. The largest absolute Gasteiger partial charge is 0.497 e. The van der Waals surface area contributed by atoms with Gasteiger partial charge >= 0.3 is 5.97 Å². The van der Waals surface area contributed by atoms with Crippen molar-refractivity contribution in [2.24, 2.45) is 0 Å². The molecule has 166 valence electrons. The fourth-order valence-electron chi connectivity index (χ4n) is 5.70. The molecule has 2 amide bonds. The lowest BCUT2D eigenvalue weighted by Crippen LogP contribution is -2.60. The van der Waals surface area contributed by atoms with Crippen LogP contribution in [0.3, 0.4) is 0 Å². The third-order valence-corrected chi connectivity index (χ3v) is 6.95. The van der Waals surface area contributed by atoms with E-state index in [0.717, 1.165) is 5.56 Å². The van der Waals surface area contributed by atoms with Crippen LogP contribution in [0.1, 0.15) is 30.9 Å². The quantitative estimate of drug-likeness (QED) is 0.714. The van der Waals surface area contributed by atoms with E-state index >= 15 is 0 Å². The maximum atomic E-state index is 14.0. The van der Waals surface area contributed by atoms with Gasteiger partial charge in [-0.25, -0.2) is 0 Å². The number of carbonyl (C=O) groups is 3. The number of amides is 2. The summed E-state index contributed by atoms with van der Waals surface area (Å²) in [5.74, 6) is -0.272. The molecule has 8 heteroatoms. The van der Waals surface area contributed by atoms with E-state index in [0.29, 0.717) is 22.7 Å². The average Bonchev–Trinajstić information content (AvgIpc) is 3.35. The van der Waals surface area contributed by atoms with Gasteiger partial charge in [-0.05, 0) is 43.2 Å². The summed E-state index contributed by atoms with van der Waals surface area (Å²) >= 11 is 0. The second-order valence-electron chi connectivity index (χ2n) is 8.46. The number of methoxy groups -OCH3 is 1. The van der Waals surface area contributed by atoms with Gasteiger partial charge in [-0.15, -0.1) is 0 Å². The molecule has 3 aliphatic rings. The first kappa shape index (κ1) is 20.5. The Morgan fingerprint density at radius 2 is 1.97 bits per heavy atom. The van der Waals surface area contributed by atoms with Crippen molar-refractivity contribution in [3.63, 3.8) is 0 Å². The van der Waals surface area contributed by atoms with Gasteiger partial charge < -0.3 is 19.7 Å². The van der Waals surface area contributed by atoms with Gasteiger partial charge in [-0.3, -0.25) is 19.7 Å². The molecule has 3 aliphatic heterocycles. The van der Waals surface area contributed by atoms with E-state index in [1.165, 1.54) is 0 Å². The van der Waals surface area contributed by atoms with Crippen LogP contribution in [0.5, 0.6) is 5.75 Å². The van der Waals surface area contributed by atoms with E-state index in [9.17, 15) is 14.4 Å². The monoisotopic (exact) mass is 435 g/mol. The molecule has 1 saturated heterocycles. The van der Waals surface area contributed by atoms with Crippen molar-refractivity contribution in [3.05, 3.63) is 53.6 Å². The Morgan fingerprint density at radius 1 is 1.19 bits per heavy atom. The van der Waals surface area contributed by atoms with Crippen molar-refractivity contribution in [1.82, 2.24) is 5.32 Å². The number of hydrogen-bond acceptors (Lipinski definition) is 6. The molecule has 3 heterocycles. The van der Waals surface area contributed by atoms with Crippen LogP contribution in [0, 0.1) is 0 Å². The van der Waals surface area contributed by atoms with Crippen molar-refractivity contribution < 1.29 is 23.9 Å². The minimum Gasteiger partial charge on any atom is -0.497 e. The summed E-state index contributed by atoms with van der Waals surface area (Å²) in [4.78, 5) is 41.6. The van der Waals surface area contributed by atoms with Gasteiger partial charge in [0.2, 0.25) is 5.91 Å². The Morgan fingerprint density at radius 3 is 2.72 bits per heavy atom. The summed E-state index contributed by atoms with van der Waals surface area (Å²) in [6.45, 7) is 2.02. The molecular formula is C24H25N3O5. The van der Waals surface area contributed by atoms with Crippen molar-refractivity contribution >= 4 is 29.2 Å². The zero-order chi connectivity index (χ0) is 22.7. The molecule has 2 aromatic carbocycles. The summed E-state index contributed by atoms with van der Waals surface area (Å²) in [7, 11) is 3.27. The first-order valence-electron chi connectivity index (χ1n) is 10.7. The Hall–Kier alpha value is -3.39. The third kappa shape index (κ3) is 2.44. The van der Waals surface area contributed by atoms with Gasteiger partial charge in [0.1, 0.15) is 16.7 Å². The molecule has 8 nitrogen and oxygen atoms in total. The molecule has 0 unspecified atom stereocenters. The smallest absolute Gasteiger partial charge is 0.307 e. The molecule has 32 heavy (non-hydrogen) atoms. The second-order valence-corrected chi connectivity index (χ2v) is 8.46. The van der Waals surface area contributed by atoms with Crippen LogP contribution >= 0.6 is 0 Å². The highest BCUT2D eigenvalue weighted by Gasteiger charge is 2.73. The van der Waals surface area contributed by atoms with Gasteiger partial charge in [0, 0.05) is 30.0 Å². The van der Waals surface area contributed by atoms with Gasteiger partial charge in [0.15, 0.2) is 0 Å². The molecular weight excluding hydrogens is 410 g/mol. The molecule has 0 aliphatic carbocycles. The predicted molar refractivity (Wildman–Crippen MR) is 118 cm³/mol. The normalized spacial score (nSPS) is 27.6. The predicted octanol–water partition coefficient (Wildman–Crippen LogP) is 2.07. The molecule has 3 atom stereocenters. The van der Waals surface area contributed by atoms with E-state index < -0.39 is 17.0 Å². The molecule has 2 N–H and O–H groups in total. The van der Waals surface area contributed by atoms with Crippen molar-refractivity contribution in [1.29, 1.82) is 0 Å². The van der Waals surface area contributed by atoms with E-state index in [-0.39, 0.29) is 37.2 Å². The van der Waals surface area contributed by atoms with E-state index in [4.69, 9.17) is 9.47 Å². The number of fused-ring (bicyclic) bond motifs is 5. The number of anilines is 2. The Labute approximate surface area is 185 Å². The van der Waals surface area contributed by atoms with E-state index in [2.05, 4.69) is 10.6 Å². The first-order chi connectivity index (χ1) is 15.4. The Kier molecular flexibility index (Phi) is 4.53. The molecule has 5 rings (SSSR count). The Bertz CT molecular complexity index is 1150. The summed E-state index contributed by atoms with van der Waals surface area (Å²) in [6.07, 6.45) is 0.341. The van der Waals surface area contributed by atoms with Crippen LogP contribution in [-0.4, -0.2) is 44.6 Å². The molecule has 1 fully saturated rings. The van der Waals surface area contributed by atoms with Gasteiger partial charge in [0.05, 0.1) is 20.1 Å². The number of nitrogens with zero attached hydrogens (tertiary/aromatic N) is 1. The van der Waals surface area contributed by atoms with Crippen LogP contribution in [0.2, 0.25) is 0 Å². The molecule has 0 saturated carbocycles. The summed E-state index contributed by atoms with van der Waals surface area (Å²) in [5, 5.41) is 6.42. The number of rotatable bonds is 4. The highest BCUT2D eigenvalue weighted by Crippen LogP contribution is 2.61. The van der Waals surface area contributed by atoms with Gasteiger partial charge in [-0.2, -0.15) is 0 Å². The number of likely N-dealkylation sites (N-methyl/N-ethyl adjacent to an activating group) is 1. The van der Waals surface area contributed by atoms with Crippen molar-refractivity contribution in [2.75, 3.05) is 31.0 Å². The topological polar surface area (TPSA) is 97.0 Å². The molecule has 2 aromatic rings. The SMILES string of the molecule is CCOC(=O)C[C@H]1C[C@]2(C(=O)Nc3ccccc32)[C@@]2(N1)C(=O)N(C)c1ccc(OC)cc12. The highest BCUT2D eigenvalue weighted by molar-refractivity contribution is 6.18. The minimum absolute atomic E-state index is 0.0586. The number of carbonyl (C=O) groups excluding carboxylic acids is 3. The van der Waals surface area contributed by atoms with Crippen molar-refractivity contribution in [2.45, 2.75) is 36.8 Å². The lowest BCUT2D eigenvalue weighted by Gasteiger charge is -2.38. The van der Waals surface area contributed by atoms with Crippen molar-refractivity contribution in [3.8, 4) is 5.75 Å². The highest BCUT2D eigenvalue weighted by atomic mass is 16.5. The number of benzene rings is 2. The standard InChI is InChI=1S/C24H25N3O5/c1-4-32-20(28)11-14-13-23(16-7-5-6-8-18(16)25-21(23)29)24(26-14)17-12-15(31-3)9-10-19(17)27(2)22(24)30/h5-10,12,14,26H,4,11,13H2,1-3H3,(H,25,29)/t14-,23-,24-/m0/s1. The second kappa shape index (κ2) is 7.06. The molecule has 2 spiro atoms. The average molecular weight is 435 g/mol. The fourth-order valence-corrected chi connectivity index (χ4v) is 5.70. The summed E-state index contributed by atoms with van der Waals surface area (Å²) in [5.41, 5.74) is 0.214. The lowest BCUT2D eigenvalue weighted by atomic mass is 9.63. The van der Waals surface area contributed by atoms with E-state index in [1.807, 2.05) is 36.4 Å². The number of hydrogen-bond donors (Lipinski definition) is 2. The third-order valence-electron chi connectivity index (χ3n) is 6.95. The number of nitrogens with one attached hydrogen (secondary N) is 2. The van der Waals surface area contributed by atoms with E-state index in [1.54, 1.807) is 32.0 Å². The van der Waals surface area contributed by atoms with Gasteiger partial charge in [0.25, 0.3) is 5.91 Å². The van der Waals surface area contributed by atoms with Crippen LogP contribution < -0.4 is 20.3 Å². The van der Waals surface area contributed by atoms with Crippen LogP contribution in [-0.2, 0) is 30.1 Å². The number of esters is 1. The van der Waals surface area contributed by atoms with Crippen LogP contribution in [0.15, 0.2) is 42.5 Å². The summed E-state index contributed by atoms with van der Waals surface area (Å²) in [6, 6.07) is 12.4.